The van der Waals surface area contributed by atoms with E-state index in [4.69, 9.17) is 27.6 Å². The van der Waals surface area contributed by atoms with Crippen molar-refractivity contribution in [1.82, 2.24) is 5.32 Å². The summed E-state index contributed by atoms with van der Waals surface area (Å²) in [5.41, 5.74) is -0.184. The molecule has 0 aliphatic rings. The first kappa shape index (κ1) is 12.9. The molecule has 0 radical (unpaired) electrons. The van der Waals surface area contributed by atoms with E-state index in [9.17, 15) is 9.18 Å². The van der Waals surface area contributed by atoms with Crippen molar-refractivity contribution in [2.24, 2.45) is 0 Å². The molecule has 0 spiro atoms. The van der Waals surface area contributed by atoms with Crippen LogP contribution in [-0.4, -0.2) is 5.91 Å². The van der Waals surface area contributed by atoms with Crippen LogP contribution in [0.1, 0.15) is 16.1 Å². The number of hydrogen-bond donors (Lipinski definition) is 1. The van der Waals surface area contributed by atoms with Crippen molar-refractivity contribution < 1.29 is 13.6 Å². The number of nitrogens with one attached hydrogen (secondary N) is 1. The number of benzene rings is 1. The zero-order chi connectivity index (χ0) is 13.1. The minimum absolute atomic E-state index is 0.0602. The summed E-state index contributed by atoms with van der Waals surface area (Å²) in [6.07, 6.45) is 0. The van der Waals surface area contributed by atoms with E-state index in [1.54, 1.807) is 12.1 Å². The van der Waals surface area contributed by atoms with Gasteiger partial charge in [-0.3, -0.25) is 4.79 Å². The van der Waals surface area contributed by atoms with Gasteiger partial charge in [0.15, 0.2) is 5.22 Å². The van der Waals surface area contributed by atoms with Gasteiger partial charge >= 0.3 is 0 Å². The molecule has 0 unspecified atom stereocenters. The Morgan fingerprint density at radius 2 is 2.06 bits per heavy atom. The molecule has 1 amide bonds. The van der Waals surface area contributed by atoms with Crippen LogP contribution >= 0.6 is 23.2 Å². The third-order valence-corrected chi connectivity index (χ3v) is 2.76. The van der Waals surface area contributed by atoms with Crippen LogP contribution in [0.3, 0.4) is 0 Å². The van der Waals surface area contributed by atoms with Crippen LogP contribution in [0.15, 0.2) is 34.7 Å². The summed E-state index contributed by atoms with van der Waals surface area (Å²) in [6, 6.07) is 7.22. The molecule has 0 saturated heterocycles. The summed E-state index contributed by atoms with van der Waals surface area (Å²) in [6.45, 7) is 0.107. The van der Waals surface area contributed by atoms with Crippen molar-refractivity contribution in [2.45, 2.75) is 6.54 Å². The fraction of sp³-hybridized carbons (Fsp3) is 0.0833. The number of amides is 1. The molecule has 0 fully saturated rings. The van der Waals surface area contributed by atoms with Gasteiger partial charge in [0.2, 0.25) is 0 Å². The largest absolute Gasteiger partial charge is 0.448 e. The molecule has 2 aromatic rings. The Hall–Kier alpha value is -1.52. The van der Waals surface area contributed by atoms with Gasteiger partial charge < -0.3 is 9.73 Å². The second kappa shape index (κ2) is 5.42. The Bertz CT molecular complexity index is 563. The number of halogens is 3. The van der Waals surface area contributed by atoms with E-state index in [0.29, 0.717) is 5.76 Å². The summed E-state index contributed by atoms with van der Waals surface area (Å²) in [4.78, 5) is 11.8. The van der Waals surface area contributed by atoms with E-state index in [-0.39, 0.29) is 22.4 Å². The molecule has 18 heavy (non-hydrogen) atoms. The zero-order valence-electron chi connectivity index (χ0n) is 9.04. The molecule has 1 N–H and O–H groups in total. The summed E-state index contributed by atoms with van der Waals surface area (Å²) in [7, 11) is 0. The normalized spacial score (nSPS) is 10.4. The van der Waals surface area contributed by atoms with Gasteiger partial charge in [0.05, 0.1) is 17.1 Å². The maximum Gasteiger partial charge on any atom is 0.256 e. The highest BCUT2D eigenvalue weighted by Crippen LogP contribution is 2.19. The number of carbonyl (C=O) groups excluding carboxylic acids is 1. The van der Waals surface area contributed by atoms with Crippen molar-refractivity contribution in [2.75, 3.05) is 0 Å². The number of carbonyl (C=O) groups is 1. The van der Waals surface area contributed by atoms with Crippen molar-refractivity contribution in [3.05, 3.63) is 57.7 Å². The summed E-state index contributed by atoms with van der Waals surface area (Å²) < 4.78 is 18.5. The van der Waals surface area contributed by atoms with Crippen molar-refractivity contribution >= 4 is 29.1 Å². The number of rotatable bonds is 3. The maximum atomic E-state index is 13.4. The van der Waals surface area contributed by atoms with Crippen LogP contribution < -0.4 is 5.32 Å². The lowest BCUT2D eigenvalue weighted by molar-refractivity contribution is 0.0944. The van der Waals surface area contributed by atoms with Crippen molar-refractivity contribution in [3.63, 3.8) is 0 Å². The molecule has 1 heterocycles. The molecular formula is C12H8Cl2FNO2. The second-order valence-corrected chi connectivity index (χ2v) is 4.26. The van der Waals surface area contributed by atoms with E-state index in [0.717, 1.165) is 0 Å². The Morgan fingerprint density at radius 3 is 2.67 bits per heavy atom. The molecule has 0 atom stereocenters. The van der Waals surface area contributed by atoms with Crippen LogP contribution in [0.25, 0.3) is 0 Å². The summed E-state index contributed by atoms with van der Waals surface area (Å²) >= 11 is 11.3. The Kier molecular flexibility index (Phi) is 3.89. The minimum atomic E-state index is -0.669. The Labute approximate surface area is 112 Å². The topological polar surface area (TPSA) is 42.2 Å². The van der Waals surface area contributed by atoms with Crippen molar-refractivity contribution in [3.8, 4) is 0 Å². The molecule has 0 aliphatic heterocycles. The lowest BCUT2D eigenvalue weighted by Crippen LogP contribution is -2.24. The standard InChI is InChI=1S/C12H8Cl2FNO2/c13-8-2-1-3-9(15)11(8)12(17)16-6-7-4-5-10(14)18-7/h1-5H,6H2,(H,16,17). The van der Waals surface area contributed by atoms with Crippen LogP contribution in [0.5, 0.6) is 0 Å². The van der Waals surface area contributed by atoms with Gasteiger partial charge in [-0.25, -0.2) is 4.39 Å². The molecular weight excluding hydrogens is 280 g/mol. The number of hydrogen-bond acceptors (Lipinski definition) is 2. The molecule has 0 aliphatic carbocycles. The first-order valence-electron chi connectivity index (χ1n) is 5.04. The fourth-order valence-corrected chi connectivity index (χ4v) is 1.83. The third-order valence-electron chi connectivity index (χ3n) is 2.24. The average Bonchev–Trinajstić information content (AvgIpc) is 2.72. The van der Waals surface area contributed by atoms with E-state index >= 15 is 0 Å². The quantitative estimate of drug-likeness (QED) is 0.936. The fourth-order valence-electron chi connectivity index (χ4n) is 1.42. The monoisotopic (exact) mass is 287 g/mol. The van der Waals surface area contributed by atoms with Gasteiger partial charge in [-0.15, -0.1) is 0 Å². The molecule has 1 aromatic carbocycles. The van der Waals surface area contributed by atoms with Crippen LogP contribution in [0, 0.1) is 5.82 Å². The predicted octanol–water partition coefficient (Wildman–Crippen LogP) is 3.66. The first-order chi connectivity index (χ1) is 8.58. The number of furan rings is 1. The van der Waals surface area contributed by atoms with Crippen LogP contribution in [0.4, 0.5) is 4.39 Å². The Morgan fingerprint density at radius 1 is 1.28 bits per heavy atom. The van der Waals surface area contributed by atoms with E-state index in [1.165, 1.54) is 18.2 Å². The van der Waals surface area contributed by atoms with E-state index < -0.39 is 11.7 Å². The molecule has 94 valence electrons. The van der Waals surface area contributed by atoms with Crippen LogP contribution in [-0.2, 0) is 6.54 Å². The predicted molar refractivity (Wildman–Crippen MR) is 66.3 cm³/mol. The van der Waals surface area contributed by atoms with Gasteiger partial charge in [0.25, 0.3) is 5.91 Å². The second-order valence-electron chi connectivity index (χ2n) is 3.49. The lowest BCUT2D eigenvalue weighted by Gasteiger charge is -2.06. The SMILES string of the molecule is O=C(NCc1ccc(Cl)o1)c1c(F)cccc1Cl. The van der Waals surface area contributed by atoms with E-state index in [1.807, 2.05) is 0 Å². The van der Waals surface area contributed by atoms with Gasteiger partial charge in [-0.1, -0.05) is 17.7 Å². The highest BCUT2D eigenvalue weighted by atomic mass is 35.5. The molecule has 1 aromatic heterocycles. The maximum absolute atomic E-state index is 13.4. The lowest BCUT2D eigenvalue weighted by atomic mass is 10.2. The zero-order valence-corrected chi connectivity index (χ0v) is 10.6. The molecule has 2 rings (SSSR count). The van der Waals surface area contributed by atoms with Crippen molar-refractivity contribution in [1.29, 1.82) is 0 Å². The van der Waals surface area contributed by atoms with Gasteiger partial charge in [0, 0.05) is 0 Å². The molecule has 3 nitrogen and oxygen atoms in total. The van der Waals surface area contributed by atoms with E-state index in [2.05, 4.69) is 5.32 Å². The smallest absolute Gasteiger partial charge is 0.256 e. The first-order valence-corrected chi connectivity index (χ1v) is 5.80. The van der Waals surface area contributed by atoms with Gasteiger partial charge in [0.1, 0.15) is 11.6 Å². The molecule has 0 saturated carbocycles. The highest BCUT2D eigenvalue weighted by molar-refractivity contribution is 6.33. The summed E-state index contributed by atoms with van der Waals surface area (Å²) in [5, 5.41) is 2.78. The third kappa shape index (κ3) is 2.83. The Balaban J connectivity index is 2.08. The molecule has 6 heteroatoms. The minimum Gasteiger partial charge on any atom is -0.448 e. The highest BCUT2D eigenvalue weighted by Gasteiger charge is 2.15. The van der Waals surface area contributed by atoms with Gasteiger partial charge in [-0.2, -0.15) is 0 Å². The van der Waals surface area contributed by atoms with Gasteiger partial charge in [-0.05, 0) is 35.9 Å². The summed E-state index contributed by atoms with van der Waals surface area (Å²) in [5.74, 6) is -0.802. The molecule has 0 bridgehead atoms. The average molecular weight is 288 g/mol. The van der Waals surface area contributed by atoms with Crippen LogP contribution in [0.2, 0.25) is 10.2 Å².